The molecule has 0 aliphatic carbocycles. The smallest absolute Gasteiger partial charge is 0.266 e. The number of nitrogens with zero attached hydrogens (tertiary/aromatic N) is 3. The van der Waals surface area contributed by atoms with Crippen molar-refractivity contribution in [3.8, 4) is 0 Å². The van der Waals surface area contributed by atoms with E-state index in [1.54, 1.807) is 0 Å². The Morgan fingerprint density at radius 2 is 2.11 bits per heavy atom. The molecule has 6 nitrogen and oxygen atoms in total. The van der Waals surface area contributed by atoms with Crippen molar-refractivity contribution < 1.29 is 14.7 Å². The lowest BCUT2D eigenvalue weighted by Crippen LogP contribution is -2.51. The van der Waals surface area contributed by atoms with Crippen molar-refractivity contribution in [2.45, 2.75) is 32.3 Å². The molecule has 0 bridgehead atoms. The van der Waals surface area contributed by atoms with E-state index in [-0.39, 0.29) is 12.5 Å². The van der Waals surface area contributed by atoms with Crippen molar-refractivity contribution in [3.63, 3.8) is 0 Å². The first-order chi connectivity index (χ1) is 9.20. The van der Waals surface area contributed by atoms with Crippen LogP contribution in [0.2, 0.25) is 0 Å². The fraction of sp³-hybridized carbons (Fsp3) is 0.846. The zero-order chi connectivity index (χ0) is 13.7. The Morgan fingerprint density at radius 1 is 1.37 bits per heavy atom. The van der Waals surface area contributed by atoms with Crippen molar-refractivity contribution in [1.29, 1.82) is 0 Å². The number of aliphatic hydroxyl groups is 1. The third-order valence-electron chi connectivity index (χ3n) is 3.66. The van der Waals surface area contributed by atoms with Gasteiger partial charge in [0.1, 0.15) is 0 Å². The quantitative estimate of drug-likeness (QED) is 0.717. The maximum atomic E-state index is 12.2. The Balaban J connectivity index is 1.69. The molecule has 0 aromatic carbocycles. The number of hydrogen-bond donors (Lipinski definition) is 1. The SMILES string of the molecule is CC1=NO[C@H](C(=O)N2CCN(CCCCO)CC2)C1. The van der Waals surface area contributed by atoms with Crippen LogP contribution >= 0.6 is 0 Å². The van der Waals surface area contributed by atoms with Gasteiger partial charge in [-0.05, 0) is 26.3 Å². The maximum Gasteiger partial charge on any atom is 0.266 e. The van der Waals surface area contributed by atoms with Crippen LogP contribution in [0.5, 0.6) is 0 Å². The van der Waals surface area contributed by atoms with E-state index >= 15 is 0 Å². The number of unbranched alkanes of at least 4 members (excludes halogenated alkanes) is 1. The lowest BCUT2D eigenvalue weighted by molar-refractivity contribution is -0.143. The summed E-state index contributed by atoms with van der Waals surface area (Å²) in [5.41, 5.74) is 0.890. The Labute approximate surface area is 114 Å². The van der Waals surface area contributed by atoms with Gasteiger partial charge < -0.3 is 14.8 Å². The van der Waals surface area contributed by atoms with Crippen molar-refractivity contribution >= 4 is 11.6 Å². The number of aliphatic hydroxyl groups excluding tert-OH is 1. The molecule has 1 saturated heterocycles. The second kappa shape index (κ2) is 6.86. The average Bonchev–Trinajstić information content (AvgIpc) is 2.86. The van der Waals surface area contributed by atoms with E-state index in [4.69, 9.17) is 9.94 Å². The van der Waals surface area contributed by atoms with Crippen molar-refractivity contribution in [1.82, 2.24) is 9.80 Å². The van der Waals surface area contributed by atoms with Crippen molar-refractivity contribution in [3.05, 3.63) is 0 Å². The predicted octanol–water partition coefficient (Wildman–Crippen LogP) is 0.0679. The molecule has 0 aromatic heterocycles. The number of piperazine rings is 1. The summed E-state index contributed by atoms with van der Waals surface area (Å²) in [6.45, 7) is 6.48. The van der Waals surface area contributed by atoms with E-state index < -0.39 is 6.10 Å². The molecule has 0 saturated carbocycles. The van der Waals surface area contributed by atoms with Gasteiger partial charge in [0.25, 0.3) is 5.91 Å². The van der Waals surface area contributed by atoms with Gasteiger partial charge in [-0.2, -0.15) is 0 Å². The lowest BCUT2D eigenvalue weighted by Gasteiger charge is -2.35. The van der Waals surface area contributed by atoms with Gasteiger partial charge in [0.2, 0.25) is 6.10 Å². The van der Waals surface area contributed by atoms with Crippen LogP contribution in [0.15, 0.2) is 5.16 Å². The monoisotopic (exact) mass is 269 g/mol. The Morgan fingerprint density at radius 3 is 2.68 bits per heavy atom. The highest BCUT2D eigenvalue weighted by atomic mass is 16.6. The molecule has 0 radical (unpaired) electrons. The van der Waals surface area contributed by atoms with Gasteiger partial charge in [-0.3, -0.25) is 9.69 Å². The molecular weight excluding hydrogens is 246 g/mol. The number of amides is 1. The van der Waals surface area contributed by atoms with Crippen LogP contribution in [0, 0.1) is 0 Å². The molecular formula is C13H23N3O3. The molecule has 6 heteroatoms. The minimum Gasteiger partial charge on any atom is -0.396 e. The molecule has 1 atom stereocenters. The summed E-state index contributed by atoms with van der Waals surface area (Å²) in [5, 5.41) is 12.6. The summed E-state index contributed by atoms with van der Waals surface area (Å²) < 4.78 is 0. The second-order valence-corrected chi connectivity index (χ2v) is 5.22. The summed E-state index contributed by atoms with van der Waals surface area (Å²) >= 11 is 0. The molecule has 2 aliphatic heterocycles. The zero-order valence-corrected chi connectivity index (χ0v) is 11.5. The fourth-order valence-electron chi connectivity index (χ4n) is 2.47. The Hall–Kier alpha value is -1.14. The summed E-state index contributed by atoms with van der Waals surface area (Å²) in [6, 6.07) is 0. The van der Waals surface area contributed by atoms with Gasteiger partial charge in [-0.25, -0.2) is 0 Å². The van der Waals surface area contributed by atoms with Crippen LogP contribution < -0.4 is 0 Å². The molecule has 2 aliphatic rings. The number of carbonyl (C=O) groups is 1. The van der Waals surface area contributed by atoms with Gasteiger partial charge in [0.15, 0.2) is 0 Å². The first kappa shape index (κ1) is 14.3. The van der Waals surface area contributed by atoms with Gasteiger partial charge in [-0.15, -0.1) is 0 Å². The van der Waals surface area contributed by atoms with Crippen molar-refractivity contribution in [2.24, 2.45) is 5.16 Å². The first-order valence-electron chi connectivity index (χ1n) is 7.02. The van der Waals surface area contributed by atoms with Gasteiger partial charge in [0, 0.05) is 39.2 Å². The Bertz CT molecular complexity index is 338. The molecule has 0 spiro atoms. The molecule has 1 N–H and O–H groups in total. The van der Waals surface area contributed by atoms with Crippen LogP contribution in [0.25, 0.3) is 0 Å². The number of hydrogen-bond acceptors (Lipinski definition) is 5. The van der Waals surface area contributed by atoms with Gasteiger partial charge in [0.05, 0.1) is 5.71 Å². The molecule has 2 rings (SSSR count). The molecule has 1 fully saturated rings. The molecule has 0 unspecified atom stereocenters. The van der Waals surface area contributed by atoms with Crippen LogP contribution in [-0.2, 0) is 9.63 Å². The van der Waals surface area contributed by atoms with Crippen LogP contribution in [-0.4, -0.2) is 72.0 Å². The van der Waals surface area contributed by atoms with E-state index in [2.05, 4.69) is 10.1 Å². The van der Waals surface area contributed by atoms with E-state index in [9.17, 15) is 4.79 Å². The second-order valence-electron chi connectivity index (χ2n) is 5.22. The van der Waals surface area contributed by atoms with Crippen LogP contribution in [0.1, 0.15) is 26.2 Å². The van der Waals surface area contributed by atoms with Crippen LogP contribution in [0.4, 0.5) is 0 Å². The van der Waals surface area contributed by atoms with Crippen molar-refractivity contribution in [2.75, 3.05) is 39.3 Å². The molecule has 19 heavy (non-hydrogen) atoms. The van der Waals surface area contributed by atoms with E-state index in [1.165, 1.54) is 0 Å². The Kier molecular flexibility index (Phi) is 5.15. The minimum absolute atomic E-state index is 0.0654. The third-order valence-corrected chi connectivity index (χ3v) is 3.66. The first-order valence-corrected chi connectivity index (χ1v) is 7.02. The maximum absolute atomic E-state index is 12.2. The average molecular weight is 269 g/mol. The highest BCUT2D eigenvalue weighted by molar-refractivity contribution is 5.91. The highest BCUT2D eigenvalue weighted by Gasteiger charge is 2.31. The number of rotatable bonds is 5. The molecule has 1 amide bonds. The summed E-state index contributed by atoms with van der Waals surface area (Å²) in [4.78, 5) is 21.6. The standard InChI is InChI=1S/C13H23N3O3/c1-11-10-12(19-14-11)13(18)16-7-5-15(6-8-16)4-2-3-9-17/h12,17H,2-10H2,1H3/t12-/m0/s1. The fourth-order valence-corrected chi connectivity index (χ4v) is 2.47. The van der Waals surface area contributed by atoms with E-state index in [1.807, 2.05) is 11.8 Å². The van der Waals surface area contributed by atoms with Gasteiger partial charge in [-0.1, -0.05) is 5.16 Å². The zero-order valence-electron chi connectivity index (χ0n) is 11.5. The lowest BCUT2D eigenvalue weighted by atomic mass is 10.1. The third kappa shape index (κ3) is 3.91. The van der Waals surface area contributed by atoms with Gasteiger partial charge >= 0.3 is 0 Å². The van der Waals surface area contributed by atoms with E-state index in [0.717, 1.165) is 51.3 Å². The largest absolute Gasteiger partial charge is 0.396 e. The highest BCUT2D eigenvalue weighted by Crippen LogP contribution is 2.14. The van der Waals surface area contributed by atoms with E-state index in [0.29, 0.717) is 6.42 Å². The summed E-state index contributed by atoms with van der Waals surface area (Å²) in [5.74, 6) is 0.0654. The molecule has 108 valence electrons. The normalized spacial score (nSPS) is 24.2. The molecule has 2 heterocycles. The predicted molar refractivity (Wildman–Crippen MR) is 71.9 cm³/mol. The van der Waals surface area contributed by atoms with Crippen LogP contribution in [0.3, 0.4) is 0 Å². The molecule has 0 aromatic rings. The number of oxime groups is 1. The number of carbonyl (C=O) groups excluding carboxylic acids is 1. The summed E-state index contributed by atoms with van der Waals surface area (Å²) in [7, 11) is 0. The minimum atomic E-state index is -0.402. The topological polar surface area (TPSA) is 65.4 Å². The summed E-state index contributed by atoms with van der Waals surface area (Å²) in [6.07, 6.45) is 2.09.